The van der Waals surface area contributed by atoms with Crippen molar-refractivity contribution in [2.45, 2.75) is 26.1 Å². The van der Waals surface area contributed by atoms with Gasteiger partial charge in [-0.05, 0) is 32.0 Å². The van der Waals surface area contributed by atoms with Crippen LogP contribution in [0, 0.1) is 0 Å². The third-order valence-electron chi connectivity index (χ3n) is 2.96. The fourth-order valence-electron chi connectivity index (χ4n) is 1.98. The largest absolute Gasteiger partial charge is 0.494 e. The molecule has 106 valence electrons. The van der Waals surface area contributed by atoms with Gasteiger partial charge in [-0.15, -0.1) is 0 Å². The Labute approximate surface area is 123 Å². The molecule has 20 heavy (non-hydrogen) atoms. The molecule has 0 fully saturated rings. The Morgan fingerprint density at radius 3 is 2.75 bits per heavy atom. The summed E-state index contributed by atoms with van der Waals surface area (Å²) in [4.78, 5) is 12.0. The molecule has 0 unspecified atom stereocenters. The molecule has 0 radical (unpaired) electrons. The maximum atomic E-state index is 12.0. The summed E-state index contributed by atoms with van der Waals surface area (Å²) in [5.41, 5.74) is 2.27. The molecule has 2 aromatic rings. The van der Waals surface area contributed by atoms with Gasteiger partial charge in [0.05, 0.1) is 12.3 Å². The lowest BCUT2D eigenvalue weighted by Gasteiger charge is -2.09. The zero-order chi connectivity index (χ0) is 14.5. The summed E-state index contributed by atoms with van der Waals surface area (Å²) in [6.07, 6.45) is 0. The molecule has 1 heterocycles. The van der Waals surface area contributed by atoms with Gasteiger partial charge in [-0.25, -0.2) is 4.68 Å². The van der Waals surface area contributed by atoms with E-state index in [9.17, 15) is 4.79 Å². The molecule has 0 saturated heterocycles. The van der Waals surface area contributed by atoms with Crippen LogP contribution < -0.4 is 10.3 Å². The number of aromatic nitrogens is 2. The predicted molar refractivity (Wildman–Crippen MR) is 83.5 cm³/mol. The standard InChI is InChI=1S/C15H18N2O2S/c1-3-17-15(18)12(10-20)9-14(16-17)11-6-5-7-13(8-11)19-4-2/h5-9,20H,3-4,10H2,1-2H3. The van der Waals surface area contributed by atoms with Crippen molar-refractivity contribution in [3.63, 3.8) is 0 Å². The molecule has 1 aromatic heterocycles. The monoisotopic (exact) mass is 290 g/mol. The zero-order valence-electron chi connectivity index (χ0n) is 11.7. The minimum absolute atomic E-state index is 0.0767. The van der Waals surface area contributed by atoms with E-state index in [2.05, 4.69) is 17.7 Å². The Hall–Kier alpha value is -1.75. The normalized spacial score (nSPS) is 10.6. The first-order valence-corrected chi connectivity index (χ1v) is 7.28. The average molecular weight is 290 g/mol. The van der Waals surface area contributed by atoms with Crippen LogP contribution in [0.2, 0.25) is 0 Å². The van der Waals surface area contributed by atoms with Gasteiger partial charge in [-0.2, -0.15) is 17.7 Å². The third-order valence-corrected chi connectivity index (χ3v) is 3.30. The van der Waals surface area contributed by atoms with Crippen molar-refractivity contribution in [1.82, 2.24) is 9.78 Å². The van der Waals surface area contributed by atoms with Crippen LogP contribution in [0.1, 0.15) is 19.4 Å². The second-order valence-corrected chi connectivity index (χ2v) is 4.61. The number of nitrogens with zero attached hydrogens (tertiary/aromatic N) is 2. The molecule has 0 amide bonds. The molecule has 5 heteroatoms. The Morgan fingerprint density at radius 1 is 1.30 bits per heavy atom. The van der Waals surface area contributed by atoms with Crippen molar-refractivity contribution in [3.05, 3.63) is 46.2 Å². The lowest BCUT2D eigenvalue weighted by Crippen LogP contribution is -2.25. The predicted octanol–water partition coefficient (Wildman–Crippen LogP) is 2.76. The quantitative estimate of drug-likeness (QED) is 0.861. The first-order valence-electron chi connectivity index (χ1n) is 6.64. The highest BCUT2D eigenvalue weighted by molar-refractivity contribution is 7.79. The molecule has 2 rings (SSSR count). The SMILES string of the molecule is CCOc1cccc(-c2cc(CS)c(=O)n(CC)n2)c1. The zero-order valence-corrected chi connectivity index (χ0v) is 12.6. The van der Waals surface area contributed by atoms with Crippen molar-refractivity contribution in [2.24, 2.45) is 0 Å². The van der Waals surface area contributed by atoms with Gasteiger partial charge in [0.25, 0.3) is 5.56 Å². The van der Waals surface area contributed by atoms with Crippen molar-refractivity contribution in [1.29, 1.82) is 0 Å². The second kappa shape index (κ2) is 6.61. The second-order valence-electron chi connectivity index (χ2n) is 4.29. The number of hydrogen-bond donors (Lipinski definition) is 1. The molecule has 0 bridgehead atoms. The maximum Gasteiger partial charge on any atom is 0.270 e. The molecule has 0 aliphatic heterocycles. The average Bonchev–Trinajstić information content (AvgIpc) is 2.48. The van der Waals surface area contributed by atoms with E-state index in [4.69, 9.17) is 4.74 Å². The Balaban J connectivity index is 2.52. The summed E-state index contributed by atoms with van der Waals surface area (Å²) < 4.78 is 6.96. The summed E-state index contributed by atoms with van der Waals surface area (Å²) in [5.74, 6) is 1.20. The molecule has 0 atom stereocenters. The van der Waals surface area contributed by atoms with Gasteiger partial charge in [0.1, 0.15) is 5.75 Å². The van der Waals surface area contributed by atoms with E-state index < -0.39 is 0 Å². The molecule has 0 spiro atoms. The highest BCUT2D eigenvalue weighted by atomic mass is 32.1. The lowest BCUT2D eigenvalue weighted by molar-refractivity contribution is 0.340. The van der Waals surface area contributed by atoms with Crippen LogP contribution in [-0.4, -0.2) is 16.4 Å². The fourth-order valence-corrected chi connectivity index (χ4v) is 2.20. The molecule has 0 aliphatic rings. The van der Waals surface area contributed by atoms with Crippen LogP contribution in [-0.2, 0) is 12.3 Å². The summed E-state index contributed by atoms with van der Waals surface area (Å²) in [5, 5.41) is 4.39. The fraction of sp³-hybridized carbons (Fsp3) is 0.333. The Morgan fingerprint density at radius 2 is 2.10 bits per heavy atom. The van der Waals surface area contributed by atoms with E-state index in [0.29, 0.717) is 24.5 Å². The van der Waals surface area contributed by atoms with E-state index in [1.807, 2.05) is 38.1 Å². The highest BCUT2D eigenvalue weighted by Gasteiger charge is 2.08. The van der Waals surface area contributed by atoms with Gasteiger partial charge in [0, 0.05) is 23.4 Å². The minimum Gasteiger partial charge on any atom is -0.494 e. The number of hydrogen-bond acceptors (Lipinski definition) is 4. The van der Waals surface area contributed by atoms with Gasteiger partial charge in [0.15, 0.2) is 0 Å². The first kappa shape index (κ1) is 14.7. The minimum atomic E-state index is -0.0767. The topological polar surface area (TPSA) is 44.1 Å². The summed E-state index contributed by atoms with van der Waals surface area (Å²) >= 11 is 4.21. The summed E-state index contributed by atoms with van der Waals surface area (Å²) in [6.45, 7) is 5.00. The summed E-state index contributed by atoms with van der Waals surface area (Å²) in [7, 11) is 0. The van der Waals surface area contributed by atoms with Crippen LogP contribution in [0.15, 0.2) is 35.1 Å². The van der Waals surface area contributed by atoms with E-state index in [-0.39, 0.29) is 5.56 Å². The van der Waals surface area contributed by atoms with Crippen molar-refractivity contribution < 1.29 is 4.74 Å². The molecule has 0 aliphatic carbocycles. The van der Waals surface area contributed by atoms with Crippen molar-refractivity contribution in [2.75, 3.05) is 6.61 Å². The number of benzene rings is 1. The van der Waals surface area contributed by atoms with Gasteiger partial charge in [0.2, 0.25) is 0 Å². The van der Waals surface area contributed by atoms with E-state index >= 15 is 0 Å². The van der Waals surface area contributed by atoms with Crippen LogP contribution in [0.5, 0.6) is 5.75 Å². The van der Waals surface area contributed by atoms with Crippen LogP contribution in [0.4, 0.5) is 0 Å². The van der Waals surface area contributed by atoms with Crippen LogP contribution >= 0.6 is 12.6 Å². The Kier molecular flexibility index (Phi) is 4.84. The number of aryl methyl sites for hydroxylation is 1. The van der Waals surface area contributed by atoms with Gasteiger partial charge in [-0.1, -0.05) is 12.1 Å². The van der Waals surface area contributed by atoms with Gasteiger partial charge >= 0.3 is 0 Å². The lowest BCUT2D eigenvalue weighted by atomic mass is 10.1. The van der Waals surface area contributed by atoms with Gasteiger partial charge < -0.3 is 4.74 Å². The number of ether oxygens (including phenoxy) is 1. The summed E-state index contributed by atoms with van der Waals surface area (Å²) in [6, 6.07) is 9.51. The molecule has 0 saturated carbocycles. The van der Waals surface area contributed by atoms with E-state index in [1.165, 1.54) is 4.68 Å². The highest BCUT2D eigenvalue weighted by Crippen LogP contribution is 2.22. The smallest absolute Gasteiger partial charge is 0.270 e. The van der Waals surface area contributed by atoms with E-state index in [0.717, 1.165) is 17.0 Å². The maximum absolute atomic E-state index is 12.0. The molecular formula is C15H18N2O2S. The van der Waals surface area contributed by atoms with Crippen LogP contribution in [0.25, 0.3) is 11.3 Å². The first-order chi connectivity index (χ1) is 9.69. The van der Waals surface area contributed by atoms with E-state index in [1.54, 1.807) is 6.07 Å². The van der Waals surface area contributed by atoms with Crippen molar-refractivity contribution in [3.8, 4) is 17.0 Å². The number of rotatable bonds is 5. The van der Waals surface area contributed by atoms with Crippen molar-refractivity contribution >= 4 is 12.6 Å². The third kappa shape index (κ3) is 3.04. The van der Waals surface area contributed by atoms with Crippen LogP contribution in [0.3, 0.4) is 0 Å². The molecular weight excluding hydrogens is 272 g/mol. The molecule has 1 aromatic carbocycles. The van der Waals surface area contributed by atoms with Gasteiger partial charge in [-0.3, -0.25) is 4.79 Å². The molecule has 4 nitrogen and oxygen atoms in total. The molecule has 0 N–H and O–H groups in total. The Bertz CT molecular complexity index is 624. The number of thiol groups is 1.